The van der Waals surface area contributed by atoms with E-state index in [1.165, 1.54) is 19.3 Å². The number of carbonyl (C=O) groups excluding carboxylic acids is 1. The molecular formula is C13H18BrN5O. The molecule has 1 unspecified atom stereocenters. The number of anilines is 3. The molecule has 0 aromatic carbocycles. The maximum absolute atomic E-state index is 11.9. The zero-order chi connectivity index (χ0) is 14.1. The number of nitrogens with zero attached hydrogens (tertiary/aromatic N) is 4. The summed E-state index contributed by atoms with van der Waals surface area (Å²) >= 11 is 3.47. The van der Waals surface area contributed by atoms with Gasteiger partial charge in [0.1, 0.15) is 11.6 Å². The Morgan fingerprint density at radius 2 is 2.00 bits per heavy atom. The summed E-state index contributed by atoms with van der Waals surface area (Å²) in [6.07, 6.45) is 4.09. The van der Waals surface area contributed by atoms with Crippen LogP contribution in [0.2, 0.25) is 0 Å². The monoisotopic (exact) mass is 339 g/mol. The van der Waals surface area contributed by atoms with E-state index in [0.29, 0.717) is 24.7 Å². The highest BCUT2D eigenvalue weighted by molar-refractivity contribution is 9.09. The van der Waals surface area contributed by atoms with Crippen LogP contribution >= 0.6 is 15.9 Å². The number of hydrogen-bond acceptors (Lipinski definition) is 5. The van der Waals surface area contributed by atoms with Crippen molar-refractivity contribution in [2.75, 3.05) is 35.2 Å². The van der Waals surface area contributed by atoms with Gasteiger partial charge in [-0.05, 0) is 19.3 Å². The van der Waals surface area contributed by atoms with E-state index in [1.54, 1.807) is 11.0 Å². The quantitative estimate of drug-likeness (QED) is 0.827. The summed E-state index contributed by atoms with van der Waals surface area (Å²) in [6, 6.07) is 1.79. The molecule has 2 N–H and O–H groups in total. The van der Waals surface area contributed by atoms with Crippen LogP contribution in [0.5, 0.6) is 0 Å². The molecule has 2 saturated heterocycles. The Morgan fingerprint density at radius 3 is 2.65 bits per heavy atom. The Labute approximate surface area is 126 Å². The molecule has 0 saturated carbocycles. The van der Waals surface area contributed by atoms with Crippen LogP contribution in [0.25, 0.3) is 0 Å². The lowest BCUT2D eigenvalue weighted by molar-refractivity contribution is -0.117. The number of rotatable bonds is 2. The molecule has 20 heavy (non-hydrogen) atoms. The highest BCUT2D eigenvalue weighted by atomic mass is 79.9. The first kappa shape index (κ1) is 13.6. The first-order valence-corrected chi connectivity index (χ1v) is 7.89. The second kappa shape index (κ2) is 5.55. The van der Waals surface area contributed by atoms with Crippen LogP contribution in [-0.4, -0.2) is 40.3 Å². The molecule has 0 bridgehead atoms. The van der Waals surface area contributed by atoms with Crippen molar-refractivity contribution in [3.8, 4) is 0 Å². The second-order valence-corrected chi connectivity index (χ2v) is 6.60. The fraction of sp³-hybridized carbons (Fsp3) is 0.615. The summed E-state index contributed by atoms with van der Waals surface area (Å²) in [5.41, 5.74) is 5.89. The molecule has 3 heterocycles. The van der Waals surface area contributed by atoms with Crippen LogP contribution in [0.1, 0.15) is 25.7 Å². The largest absolute Gasteiger partial charge is 0.383 e. The Kier molecular flexibility index (Phi) is 3.78. The molecule has 0 radical (unpaired) electrons. The van der Waals surface area contributed by atoms with Gasteiger partial charge in [0.05, 0.1) is 0 Å². The normalized spacial score (nSPS) is 23.4. The van der Waals surface area contributed by atoms with Crippen molar-refractivity contribution in [3.63, 3.8) is 0 Å². The van der Waals surface area contributed by atoms with Crippen molar-refractivity contribution in [1.82, 2.24) is 9.97 Å². The van der Waals surface area contributed by atoms with Crippen LogP contribution < -0.4 is 15.5 Å². The highest BCUT2D eigenvalue weighted by Gasteiger charge is 2.31. The van der Waals surface area contributed by atoms with E-state index in [2.05, 4.69) is 30.8 Å². The molecule has 108 valence electrons. The Bertz CT molecular complexity index is 517. The van der Waals surface area contributed by atoms with Gasteiger partial charge in [-0.15, -0.1) is 0 Å². The van der Waals surface area contributed by atoms with Crippen molar-refractivity contribution in [1.29, 1.82) is 0 Å². The predicted molar refractivity (Wildman–Crippen MR) is 82.2 cm³/mol. The second-order valence-electron chi connectivity index (χ2n) is 5.30. The van der Waals surface area contributed by atoms with Crippen LogP contribution in [0.4, 0.5) is 17.6 Å². The fourth-order valence-electron chi connectivity index (χ4n) is 2.70. The topological polar surface area (TPSA) is 75.3 Å². The van der Waals surface area contributed by atoms with Gasteiger partial charge in [-0.3, -0.25) is 9.69 Å². The molecule has 6 nitrogen and oxygen atoms in total. The summed E-state index contributed by atoms with van der Waals surface area (Å²) in [7, 11) is 0. The van der Waals surface area contributed by atoms with E-state index in [9.17, 15) is 4.79 Å². The number of amides is 1. The molecule has 1 aromatic heterocycles. The van der Waals surface area contributed by atoms with Gasteiger partial charge in [0.25, 0.3) is 0 Å². The third-order valence-electron chi connectivity index (χ3n) is 3.72. The van der Waals surface area contributed by atoms with Gasteiger partial charge in [0, 0.05) is 36.9 Å². The third kappa shape index (κ3) is 2.72. The lowest BCUT2D eigenvalue weighted by atomic mass is 10.1. The summed E-state index contributed by atoms with van der Waals surface area (Å²) < 4.78 is 0. The zero-order valence-electron chi connectivity index (χ0n) is 11.3. The van der Waals surface area contributed by atoms with E-state index in [4.69, 9.17) is 5.73 Å². The lowest BCUT2D eigenvalue weighted by Crippen LogP contribution is -2.32. The summed E-state index contributed by atoms with van der Waals surface area (Å²) in [5, 5.41) is 0. The molecule has 1 aromatic rings. The van der Waals surface area contributed by atoms with Gasteiger partial charge < -0.3 is 10.6 Å². The molecule has 2 aliphatic rings. The number of nitrogen functional groups attached to an aromatic ring is 1. The Morgan fingerprint density at radius 1 is 1.25 bits per heavy atom. The molecule has 1 atom stereocenters. The molecular weight excluding hydrogens is 322 g/mol. The Hall–Kier alpha value is -1.37. The number of hydrogen-bond donors (Lipinski definition) is 1. The van der Waals surface area contributed by atoms with Gasteiger partial charge in [-0.25, -0.2) is 0 Å². The number of nitrogens with two attached hydrogens (primary N) is 1. The van der Waals surface area contributed by atoms with Gasteiger partial charge in [-0.2, -0.15) is 9.97 Å². The molecule has 2 fully saturated rings. The van der Waals surface area contributed by atoms with Gasteiger partial charge in [0.2, 0.25) is 11.9 Å². The van der Waals surface area contributed by atoms with E-state index in [-0.39, 0.29) is 10.7 Å². The smallest absolute Gasteiger partial charge is 0.236 e. The maximum atomic E-state index is 11.9. The standard InChI is InChI=1S/C13H18BrN5O/c14-9-6-12(20)19(8-9)13-16-10(15)7-11(17-13)18-4-2-1-3-5-18/h7,9H,1-6,8H2,(H2,15,16,17). The molecule has 2 aliphatic heterocycles. The van der Waals surface area contributed by atoms with Crippen molar-refractivity contribution in [2.45, 2.75) is 30.5 Å². The number of alkyl halides is 1. The van der Waals surface area contributed by atoms with E-state index in [0.717, 1.165) is 18.9 Å². The Balaban J connectivity index is 1.88. The number of piperidine rings is 1. The molecule has 7 heteroatoms. The average Bonchev–Trinajstić information content (AvgIpc) is 2.78. The summed E-state index contributed by atoms with van der Waals surface area (Å²) in [4.78, 5) is 24.7. The first-order valence-electron chi connectivity index (χ1n) is 6.97. The SMILES string of the molecule is Nc1cc(N2CCCCC2)nc(N2CC(Br)CC2=O)n1. The third-order valence-corrected chi connectivity index (χ3v) is 4.33. The highest BCUT2D eigenvalue weighted by Crippen LogP contribution is 2.26. The minimum Gasteiger partial charge on any atom is -0.383 e. The van der Waals surface area contributed by atoms with Gasteiger partial charge in [-0.1, -0.05) is 15.9 Å². The summed E-state index contributed by atoms with van der Waals surface area (Å²) in [5.74, 6) is 1.72. The minimum absolute atomic E-state index is 0.0436. The zero-order valence-corrected chi connectivity index (χ0v) is 12.8. The molecule has 1 amide bonds. The van der Waals surface area contributed by atoms with Crippen molar-refractivity contribution in [3.05, 3.63) is 6.07 Å². The van der Waals surface area contributed by atoms with E-state index >= 15 is 0 Å². The number of aromatic nitrogens is 2. The van der Waals surface area contributed by atoms with Crippen LogP contribution in [0.15, 0.2) is 6.07 Å². The van der Waals surface area contributed by atoms with Crippen LogP contribution in [-0.2, 0) is 4.79 Å². The fourth-order valence-corrected chi connectivity index (χ4v) is 3.27. The van der Waals surface area contributed by atoms with Crippen molar-refractivity contribution < 1.29 is 4.79 Å². The van der Waals surface area contributed by atoms with Crippen molar-refractivity contribution >= 4 is 39.4 Å². The minimum atomic E-state index is 0.0436. The van der Waals surface area contributed by atoms with Crippen molar-refractivity contribution in [2.24, 2.45) is 0 Å². The van der Waals surface area contributed by atoms with E-state index in [1.807, 2.05) is 0 Å². The maximum Gasteiger partial charge on any atom is 0.236 e. The molecule has 0 spiro atoms. The molecule has 0 aliphatic carbocycles. The van der Waals surface area contributed by atoms with Gasteiger partial charge >= 0.3 is 0 Å². The number of halogens is 1. The summed E-state index contributed by atoms with van der Waals surface area (Å²) in [6.45, 7) is 2.58. The number of carbonyl (C=O) groups is 1. The lowest BCUT2D eigenvalue weighted by Gasteiger charge is -2.28. The predicted octanol–water partition coefficient (Wildman–Crippen LogP) is 1.55. The van der Waals surface area contributed by atoms with Gasteiger partial charge in [0.15, 0.2) is 0 Å². The van der Waals surface area contributed by atoms with Crippen LogP contribution in [0.3, 0.4) is 0 Å². The van der Waals surface area contributed by atoms with Crippen LogP contribution in [0, 0.1) is 0 Å². The first-order chi connectivity index (χ1) is 9.63. The average molecular weight is 340 g/mol. The molecule has 3 rings (SSSR count). The van der Waals surface area contributed by atoms with E-state index < -0.39 is 0 Å².